The lowest BCUT2D eigenvalue weighted by Crippen LogP contribution is -3.11. The van der Waals surface area contributed by atoms with Crippen molar-refractivity contribution in [1.29, 1.82) is 0 Å². The van der Waals surface area contributed by atoms with Gasteiger partial charge in [-0.05, 0) is 43.0 Å². The van der Waals surface area contributed by atoms with E-state index < -0.39 is 0 Å². The quantitative estimate of drug-likeness (QED) is 0.681. The Kier molecular flexibility index (Phi) is 7.88. The van der Waals surface area contributed by atoms with Gasteiger partial charge in [-0.2, -0.15) is 0 Å². The summed E-state index contributed by atoms with van der Waals surface area (Å²) in [6.45, 7) is 3.09. The van der Waals surface area contributed by atoms with Crippen molar-refractivity contribution in [3.8, 4) is 0 Å². The maximum atomic E-state index is 12.4. The predicted octanol–water partition coefficient (Wildman–Crippen LogP) is 1.83. The van der Waals surface area contributed by atoms with Gasteiger partial charge in [-0.15, -0.1) is 11.8 Å². The van der Waals surface area contributed by atoms with Crippen LogP contribution in [0.4, 0.5) is 5.69 Å². The molecule has 0 heterocycles. The molecule has 2 N–H and O–H groups in total. The molecule has 2 aromatic carbocycles. The number of nitrogens with one attached hydrogen (secondary N) is 2. The molecule has 0 aliphatic carbocycles. The molecule has 5 nitrogen and oxygen atoms in total. The SMILES string of the molecule is CSc1ccc(CN(C)C(=O)C[NH+](C)CC(=O)Nc2ccc(C)cc2)cc1. The van der Waals surface area contributed by atoms with Crippen LogP contribution in [0.1, 0.15) is 11.1 Å². The molecular formula is C21H28N3O2S+. The molecule has 0 saturated heterocycles. The molecule has 2 amide bonds. The largest absolute Gasteiger partial charge is 0.337 e. The van der Waals surface area contributed by atoms with Crippen LogP contribution in [0.3, 0.4) is 0 Å². The first-order valence-electron chi connectivity index (χ1n) is 8.92. The molecule has 0 aliphatic heterocycles. The number of quaternary nitrogens is 1. The van der Waals surface area contributed by atoms with Crippen LogP contribution < -0.4 is 10.2 Å². The lowest BCUT2D eigenvalue weighted by atomic mass is 10.2. The van der Waals surface area contributed by atoms with Gasteiger partial charge in [-0.1, -0.05) is 29.8 Å². The first-order valence-corrected chi connectivity index (χ1v) is 10.1. The van der Waals surface area contributed by atoms with E-state index in [1.165, 1.54) is 4.90 Å². The molecule has 0 aromatic heterocycles. The molecule has 2 rings (SSSR count). The van der Waals surface area contributed by atoms with E-state index in [1.54, 1.807) is 23.7 Å². The van der Waals surface area contributed by atoms with E-state index in [-0.39, 0.29) is 24.9 Å². The summed E-state index contributed by atoms with van der Waals surface area (Å²) in [6, 6.07) is 15.9. The Morgan fingerprint density at radius 2 is 1.67 bits per heavy atom. The van der Waals surface area contributed by atoms with Crippen LogP contribution in [0.25, 0.3) is 0 Å². The molecule has 0 aliphatic rings. The van der Waals surface area contributed by atoms with Gasteiger partial charge in [-0.25, -0.2) is 0 Å². The monoisotopic (exact) mass is 386 g/mol. The van der Waals surface area contributed by atoms with Crippen LogP contribution in [0.15, 0.2) is 53.4 Å². The topological polar surface area (TPSA) is 53.9 Å². The predicted molar refractivity (Wildman–Crippen MR) is 111 cm³/mol. The van der Waals surface area contributed by atoms with Gasteiger partial charge >= 0.3 is 0 Å². The van der Waals surface area contributed by atoms with E-state index in [0.29, 0.717) is 6.54 Å². The number of likely N-dealkylation sites (N-methyl/N-ethyl adjacent to an activating group) is 2. The van der Waals surface area contributed by atoms with Crippen LogP contribution in [-0.2, 0) is 16.1 Å². The lowest BCUT2D eigenvalue weighted by Gasteiger charge is -2.20. The Morgan fingerprint density at radius 3 is 2.26 bits per heavy atom. The number of carbonyl (C=O) groups is 2. The number of thioether (sulfide) groups is 1. The van der Waals surface area contributed by atoms with Crippen molar-refractivity contribution < 1.29 is 14.5 Å². The number of benzene rings is 2. The molecule has 0 fully saturated rings. The maximum absolute atomic E-state index is 12.4. The summed E-state index contributed by atoms with van der Waals surface area (Å²) >= 11 is 1.70. The summed E-state index contributed by atoms with van der Waals surface area (Å²) in [5.74, 6) is -0.0796. The lowest BCUT2D eigenvalue weighted by molar-refractivity contribution is -0.862. The van der Waals surface area contributed by atoms with Crippen LogP contribution in [0.2, 0.25) is 0 Å². The van der Waals surface area contributed by atoms with E-state index in [9.17, 15) is 9.59 Å². The fourth-order valence-electron chi connectivity index (χ4n) is 2.66. The summed E-state index contributed by atoms with van der Waals surface area (Å²) < 4.78 is 0. The number of anilines is 1. The summed E-state index contributed by atoms with van der Waals surface area (Å²) in [5, 5.41) is 2.87. The highest BCUT2D eigenvalue weighted by atomic mass is 32.2. The van der Waals surface area contributed by atoms with Gasteiger partial charge < -0.3 is 15.1 Å². The molecule has 0 radical (unpaired) electrons. The van der Waals surface area contributed by atoms with Crippen molar-refractivity contribution in [2.45, 2.75) is 18.4 Å². The van der Waals surface area contributed by atoms with Crippen LogP contribution in [0.5, 0.6) is 0 Å². The Bertz CT molecular complexity index is 760. The molecule has 0 saturated carbocycles. The van der Waals surface area contributed by atoms with Gasteiger partial charge in [-0.3, -0.25) is 9.59 Å². The van der Waals surface area contributed by atoms with Crippen LogP contribution >= 0.6 is 11.8 Å². The highest BCUT2D eigenvalue weighted by Gasteiger charge is 2.17. The summed E-state index contributed by atoms with van der Waals surface area (Å²) in [4.78, 5) is 28.3. The molecule has 6 heteroatoms. The first-order chi connectivity index (χ1) is 12.9. The fraction of sp³-hybridized carbons (Fsp3) is 0.333. The van der Waals surface area contributed by atoms with Gasteiger partial charge in [0.05, 0.1) is 7.05 Å². The van der Waals surface area contributed by atoms with E-state index in [0.717, 1.165) is 21.7 Å². The van der Waals surface area contributed by atoms with E-state index >= 15 is 0 Å². The second kappa shape index (κ2) is 10.1. The molecule has 0 bridgehead atoms. The molecule has 1 atom stereocenters. The van der Waals surface area contributed by atoms with Crippen molar-refractivity contribution in [3.05, 3.63) is 59.7 Å². The van der Waals surface area contributed by atoms with Crippen molar-refractivity contribution in [2.24, 2.45) is 0 Å². The molecule has 1 unspecified atom stereocenters. The Labute approximate surface area is 165 Å². The zero-order valence-corrected chi connectivity index (χ0v) is 17.2. The summed E-state index contributed by atoms with van der Waals surface area (Å²) in [7, 11) is 3.65. The zero-order valence-electron chi connectivity index (χ0n) is 16.4. The van der Waals surface area contributed by atoms with Gasteiger partial charge in [0.2, 0.25) is 0 Å². The van der Waals surface area contributed by atoms with E-state index in [1.807, 2.05) is 56.6 Å². The normalized spacial score (nSPS) is 11.7. The number of rotatable bonds is 8. The second-order valence-corrected chi connectivity index (χ2v) is 7.70. The smallest absolute Gasteiger partial charge is 0.279 e. The minimum absolute atomic E-state index is 0.0181. The second-order valence-electron chi connectivity index (χ2n) is 6.82. The number of aryl methyl sites for hydroxylation is 1. The average molecular weight is 387 g/mol. The third kappa shape index (κ3) is 7.07. The van der Waals surface area contributed by atoms with Crippen molar-refractivity contribution in [3.63, 3.8) is 0 Å². The number of amides is 2. The van der Waals surface area contributed by atoms with Crippen LogP contribution in [0, 0.1) is 6.92 Å². The standard InChI is InChI=1S/C21H27N3O2S/c1-16-5-9-18(10-6-16)22-20(25)14-23(2)15-21(26)24(3)13-17-7-11-19(27-4)12-8-17/h5-12H,13-15H2,1-4H3,(H,22,25)/p+1. The average Bonchev–Trinajstić information content (AvgIpc) is 2.64. The van der Waals surface area contributed by atoms with Crippen LogP contribution in [-0.4, -0.2) is 50.2 Å². The Hall–Kier alpha value is -2.31. The highest BCUT2D eigenvalue weighted by molar-refractivity contribution is 7.98. The Balaban J connectivity index is 1.79. The number of carbonyl (C=O) groups excluding carboxylic acids is 2. The minimum Gasteiger partial charge on any atom is -0.337 e. The third-order valence-corrected chi connectivity index (χ3v) is 5.00. The number of hydrogen-bond donors (Lipinski definition) is 2. The molecule has 2 aromatic rings. The Morgan fingerprint density at radius 1 is 1.04 bits per heavy atom. The van der Waals surface area contributed by atoms with Gasteiger partial charge in [0, 0.05) is 24.2 Å². The van der Waals surface area contributed by atoms with Crippen molar-refractivity contribution in [1.82, 2.24) is 4.90 Å². The molecule has 144 valence electrons. The number of nitrogens with zero attached hydrogens (tertiary/aromatic N) is 1. The zero-order chi connectivity index (χ0) is 19.8. The first kappa shape index (κ1) is 21.0. The summed E-state index contributed by atoms with van der Waals surface area (Å²) in [5.41, 5.74) is 3.02. The van der Waals surface area contributed by atoms with E-state index in [4.69, 9.17) is 0 Å². The summed E-state index contributed by atoms with van der Waals surface area (Å²) in [6.07, 6.45) is 2.04. The third-order valence-electron chi connectivity index (χ3n) is 4.26. The van der Waals surface area contributed by atoms with Crippen molar-refractivity contribution in [2.75, 3.05) is 38.8 Å². The van der Waals surface area contributed by atoms with Crippen molar-refractivity contribution >= 4 is 29.3 Å². The highest BCUT2D eigenvalue weighted by Crippen LogP contribution is 2.15. The minimum atomic E-state index is -0.0977. The maximum Gasteiger partial charge on any atom is 0.279 e. The van der Waals surface area contributed by atoms with Gasteiger partial charge in [0.1, 0.15) is 0 Å². The van der Waals surface area contributed by atoms with Gasteiger partial charge in [0.15, 0.2) is 13.1 Å². The van der Waals surface area contributed by atoms with E-state index in [2.05, 4.69) is 17.4 Å². The van der Waals surface area contributed by atoms with Gasteiger partial charge in [0.25, 0.3) is 11.8 Å². The molecule has 27 heavy (non-hydrogen) atoms. The molecule has 0 spiro atoms. The fourth-order valence-corrected chi connectivity index (χ4v) is 3.07. The number of hydrogen-bond acceptors (Lipinski definition) is 3. The molecular weight excluding hydrogens is 358 g/mol.